The van der Waals surface area contributed by atoms with E-state index >= 15 is 0 Å². The van der Waals surface area contributed by atoms with E-state index < -0.39 is 27.7 Å². The van der Waals surface area contributed by atoms with Gasteiger partial charge in [0.1, 0.15) is 9.77 Å². The van der Waals surface area contributed by atoms with Crippen molar-refractivity contribution in [1.29, 1.82) is 0 Å². The van der Waals surface area contributed by atoms with Crippen LogP contribution in [0.25, 0.3) is 10.9 Å². The van der Waals surface area contributed by atoms with Crippen LogP contribution >= 0.6 is 11.3 Å². The van der Waals surface area contributed by atoms with Crippen molar-refractivity contribution in [3.63, 3.8) is 0 Å². The van der Waals surface area contributed by atoms with E-state index in [0.29, 0.717) is 24.2 Å². The number of pyridine rings is 1. The van der Waals surface area contributed by atoms with Crippen LogP contribution in [0, 0.1) is 0 Å². The lowest BCUT2D eigenvalue weighted by Gasteiger charge is -2.35. The molecule has 0 spiro atoms. The molecule has 3 aromatic rings. The molecule has 12 heteroatoms. The van der Waals surface area contributed by atoms with Crippen LogP contribution in [-0.4, -0.2) is 55.0 Å². The third kappa shape index (κ3) is 3.98. The van der Waals surface area contributed by atoms with E-state index in [4.69, 9.17) is 0 Å². The zero-order valence-electron chi connectivity index (χ0n) is 15.8. The molecule has 3 heterocycles. The van der Waals surface area contributed by atoms with Crippen molar-refractivity contribution < 1.29 is 31.5 Å². The Morgan fingerprint density at radius 1 is 1.10 bits per heavy atom. The van der Waals surface area contributed by atoms with E-state index in [1.165, 1.54) is 28.0 Å². The highest BCUT2D eigenvalue weighted by molar-refractivity contribution is 7.89. The van der Waals surface area contributed by atoms with Gasteiger partial charge in [-0.1, -0.05) is 6.07 Å². The van der Waals surface area contributed by atoms with Gasteiger partial charge in [-0.05, 0) is 29.6 Å². The van der Waals surface area contributed by atoms with Crippen molar-refractivity contribution >= 4 is 43.9 Å². The number of carboxylic acid groups (broad SMARTS) is 1. The van der Waals surface area contributed by atoms with Gasteiger partial charge in [0.15, 0.2) is 0 Å². The second kappa shape index (κ2) is 7.77. The molecule has 164 valence electrons. The molecular weight excluding hydrogens is 455 g/mol. The predicted octanol–water partition coefficient (Wildman–Crippen LogP) is 3.52. The number of halogens is 3. The fourth-order valence-electron chi connectivity index (χ4n) is 3.55. The molecular formula is C19H16F3N3O4S2. The van der Waals surface area contributed by atoms with Gasteiger partial charge in [0.2, 0.25) is 10.0 Å². The largest absolute Gasteiger partial charge is 0.477 e. The van der Waals surface area contributed by atoms with Gasteiger partial charge in [-0.2, -0.15) is 17.5 Å². The summed E-state index contributed by atoms with van der Waals surface area (Å²) in [5.74, 6) is -1.30. The molecule has 1 aliphatic rings. The SMILES string of the molecule is O=C(O)c1sccc1S(=O)(=O)N1CCN(c2ccnc3cc(C(F)(F)F)ccc23)CC1. The van der Waals surface area contributed by atoms with Gasteiger partial charge in [-0.3, -0.25) is 4.98 Å². The first-order chi connectivity index (χ1) is 14.6. The third-order valence-electron chi connectivity index (χ3n) is 5.07. The highest BCUT2D eigenvalue weighted by atomic mass is 32.2. The summed E-state index contributed by atoms with van der Waals surface area (Å²) < 4.78 is 66.0. The molecule has 31 heavy (non-hydrogen) atoms. The fraction of sp³-hybridized carbons (Fsp3) is 0.263. The van der Waals surface area contributed by atoms with Crippen molar-refractivity contribution in [2.45, 2.75) is 11.1 Å². The Bertz CT molecular complexity index is 1250. The second-order valence-corrected chi connectivity index (χ2v) is 9.69. The topological polar surface area (TPSA) is 90.8 Å². The highest BCUT2D eigenvalue weighted by Crippen LogP contribution is 2.34. The molecule has 0 saturated carbocycles. The van der Waals surface area contributed by atoms with Crippen molar-refractivity contribution in [2.24, 2.45) is 0 Å². The van der Waals surface area contributed by atoms with E-state index in [0.717, 1.165) is 23.5 Å². The maximum absolute atomic E-state index is 13.0. The summed E-state index contributed by atoms with van der Waals surface area (Å²) in [6.07, 6.45) is -3.05. The monoisotopic (exact) mass is 471 g/mol. The number of anilines is 1. The molecule has 1 fully saturated rings. The van der Waals surface area contributed by atoms with Gasteiger partial charge < -0.3 is 10.0 Å². The summed E-state index contributed by atoms with van der Waals surface area (Å²) in [6.45, 7) is 0.821. The molecule has 0 atom stereocenters. The summed E-state index contributed by atoms with van der Waals surface area (Å²) in [5.41, 5.74) is 0.0786. The van der Waals surface area contributed by atoms with Crippen molar-refractivity contribution in [3.8, 4) is 0 Å². The number of aromatic carboxylic acids is 1. The first kappa shape index (κ1) is 21.5. The van der Waals surface area contributed by atoms with Crippen molar-refractivity contribution in [1.82, 2.24) is 9.29 Å². The number of carboxylic acids is 1. The van der Waals surface area contributed by atoms with Gasteiger partial charge in [0.25, 0.3) is 0 Å². The lowest BCUT2D eigenvalue weighted by molar-refractivity contribution is -0.137. The number of benzene rings is 1. The van der Waals surface area contributed by atoms with Gasteiger partial charge in [-0.25, -0.2) is 13.2 Å². The number of fused-ring (bicyclic) bond motifs is 1. The molecule has 0 amide bonds. The quantitative estimate of drug-likeness (QED) is 0.626. The number of carbonyl (C=O) groups is 1. The molecule has 1 saturated heterocycles. The molecule has 7 nitrogen and oxygen atoms in total. The van der Waals surface area contributed by atoms with E-state index in [-0.39, 0.29) is 28.4 Å². The molecule has 1 N–H and O–H groups in total. The van der Waals surface area contributed by atoms with Crippen LogP contribution in [0.5, 0.6) is 0 Å². The summed E-state index contributed by atoms with van der Waals surface area (Å²) in [4.78, 5) is 16.8. The average Bonchev–Trinajstić information content (AvgIpc) is 3.24. The number of thiophene rings is 1. The molecule has 0 aliphatic carbocycles. The maximum atomic E-state index is 13.0. The van der Waals surface area contributed by atoms with E-state index in [1.807, 2.05) is 4.90 Å². The van der Waals surface area contributed by atoms with Crippen LogP contribution < -0.4 is 4.90 Å². The molecule has 1 aliphatic heterocycles. The number of piperazine rings is 1. The Morgan fingerprint density at radius 2 is 1.81 bits per heavy atom. The summed E-state index contributed by atoms with van der Waals surface area (Å²) >= 11 is 0.847. The third-order valence-corrected chi connectivity index (χ3v) is 8.04. The zero-order valence-corrected chi connectivity index (χ0v) is 17.5. The molecule has 0 radical (unpaired) electrons. The number of hydrogen-bond donors (Lipinski definition) is 1. The minimum absolute atomic E-state index is 0.113. The molecule has 0 bridgehead atoms. The summed E-state index contributed by atoms with van der Waals surface area (Å²) in [7, 11) is -3.97. The number of alkyl halides is 3. The van der Waals surface area contributed by atoms with Gasteiger partial charge in [-0.15, -0.1) is 11.3 Å². The van der Waals surface area contributed by atoms with Gasteiger partial charge in [0.05, 0.1) is 11.1 Å². The number of rotatable bonds is 4. The van der Waals surface area contributed by atoms with Crippen LogP contribution in [0.3, 0.4) is 0 Å². The first-order valence-corrected chi connectivity index (χ1v) is 11.4. The first-order valence-electron chi connectivity index (χ1n) is 9.11. The van der Waals surface area contributed by atoms with E-state index in [1.54, 1.807) is 6.07 Å². The molecule has 4 rings (SSSR count). The molecule has 1 aromatic carbocycles. The number of hydrogen-bond acceptors (Lipinski definition) is 6. The fourth-order valence-corrected chi connectivity index (χ4v) is 6.21. The zero-order chi connectivity index (χ0) is 22.4. The Morgan fingerprint density at radius 3 is 2.45 bits per heavy atom. The minimum atomic E-state index is -4.47. The maximum Gasteiger partial charge on any atom is 0.416 e. The second-order valence-electron chi connectivity index (χ2n) is 6.87. The lowest BCUT2D eigenvalue weighted by Crippen LogP contribution is -2.48. The van der Waals surface area contributed by atoms with E-state index in [2.05, 4.69) is 4.98 Å². The predicted molar refractivity (Wildman–Crippen MR) is 109 cm³/mol. The van der Waals surface area contributed by atoms with E-state index in [9.17, 15) is 31.5 Å². The van der Waals surface area contributed by atoms with Crippen molar-refractivity contribution in [2.75, 3.05) is 31.1 Å². The Balaban J connectivity index is 1.57. The average molecular weight is 471 g/mol. The van der Waals surface area contributed by atoms with Gasteiger partial charge in [0, 0.05) is 43.4 Å². The van der Waals surface area contributed by atoms with Crippen LogP contribution in [0.4, 0.5) is 18.9 Å². The van der Waals surface area contributed by atoms with Crippen molar-refractivity contribution in [3.05, 3.63) is 52.3 Å². The number of sulfonamides is 1. The minimum Gasteiger partial charge on any atom is -0.477 e. The van der Waals surface area contributed by atoms with Gasteiger partial charge >= 0.3 is 12.1 Å². The summed E-state index contributed by atoms with van der Waals surface area (Å²) in [5, 5.41) is 11.2. The van der Waals surface area contributed by atoms with Crippen LogP contribution in [0.1, 0.15) is 15.2 Å². The number of nitrogens with zero attached hydrogens (tertiary/aromatic N) is 3. The smallest absolute Gasteiger partial charge is 0.416 e. The van der Waals surface area contributed by atoms with Crippen LogP contribution in [-0.2, 0) is 16.2 Å². The Kier molecular flexibility index (Phi) is 5.40. The number of aromatic nitrogens is 1. The summed E-state index contributed by atoms with van der Waals surface area (Å²) in [6, 6.07) is 6.32. The van der Waals surface area contributed by atoms with Crippen LogP contribution in [0.2, 0.25) is 0 Å². The highest BCUT2D eigenvalue weighted by Gasteiger charge is 2.33. The normalized spacial score (nSPS) is 16.0. The molecule has 0 unspecified atom stereocenters. The standard InChI is InChI=1S/C19H16F3N3O4S2/c20-19(21,22)12-1-2-13-14(11-12)23-5-3-15(13)24-6-8-25(9-7-24)31(28,29)16-4-10-30-17(16)18(26)27/h1-5,10-11H,6-9H2,(H,26,27). The Hall–Kier alpha value is -2.70. The van der Waals surface area contributed by atoms with Crippen LogP contribution in [0.15, 0.2) is 46.8 Å². The lowest BCUT2D eigenvalue weighted by atomic mass is 10.1. The Labute approximate surface area is 179 Å². The molecule has 2 aromatic heterocycles.